The minimum atomic E-state index is -0.444. The van der Waals surface area contributed by atoms with Gasteiger partial charge in [0.15, 0.2) is 5.82 Å². The Bertz CT molecular complexity index is 621. The first-order valence-corrected chi connectivity index (χ1v) is 7.72. The Kier molecular flexibility index (Phi) is 3.61. The summed E-state index contributed by atoms with van der Waals surface area (Å²) in [4.78, 5) is 4.54. The molecule has 2 aromatic rings. The van der Waals surface area contributed by atoms with Gasteiger partial charge in [0.25, 0.3) is 5.89 Å². The maximum atomic E-state index is 6.52. The van der Waals surface area contributed by atoms with Crippen LogP contribution in [0.3, 0.4) is 0 Å². The standard InChI is InChI=1S/C16H23N3O2/c1-4-12-5-7-16(17,8-6-12)15-18-14(21-19-15)13-9-10(2)20-11(13)3/h9,12H,4-8,17H2,1-3H3. The van der Waals surface area contributed by atoms with Crippen molar-refractivity contribution in [3.63, 3.8) is 0 Å². The third-order valence-electron chi connectivity index (χ3n) is 4.72. The molecule has 0 aromatic carbocycles. The van der Waals surface area contributed by atoms with Crippen LogP contribution in [0.25, 0.3) is 11.5 Å². The van der Waals surface area contributed by atoms with E-state index >= 15 is 0 Å². The van der Waals surface area contributed by atoms with E-state index in [-0.39, 0.29) is 0 Å². The van der Waals surface area contributed by atoms with Crippen LogP contribution in [0.15, 0.2) is 15.0 Å². The van der Waals surface area contributed by atoms with Crippen molar-refractivity contribution >= 4 is 0 Å². The fourth-order valence-electron chi connectivity index (χ4n) is 3.20. The minimum Gasteiger partial charge on any atom is -0.466 e. The van der Waals surface area contributed by atoms with E-state index in [1.165, 1.54) is 6.42 Å². The van der Waals surface area contributed by atoms with Crippen molar-refractivity contribution in [3.8, 4) is 11.5 Å². The molecule has 114 valence electrons. The Balaban J connectivity index is 1.83. The largest absolute Gasteiger partial charge is 0.466 e. The highest BCUT2D eigenvalue weighted by atomic mass is 16.5. The molecule has 1 aliphatic carbocycles. The highest BCUT2D eigenvalue weighted by Gasteiger charge is 2.37. The second-order valence-corrected chi connectivity index (χ2v) is 6.26. The zero-order valence-corrected chi connectivity index (χ0v) is 13.0. The van der Waals surface area contributed by atoms with Gasteiger partial charge in [0, 0.05) is 0 Å². The van der Waals surface area contributed by atoms with E-state index in [0.29, 0.717) is 11.7 Å². The normalized spacial score (nSPS) is 26.2. The average Bonchev–Trinajstić information content (AvgIpc) is 3.06. The van der Waals surface area contributed by atoms with Gasteiger partial charge in [-0.3, -0.25) is 0 Å². The first-order chi connectivity index (χ1) is 10.0. The first kappa shape index (κ1) is 14.3. The lowest BCUT2D eigenvalue weighted by atomic mass is 9.76. The summed E-state index contributed by atoms with van der Waals surface area (Å²) in [5, 5.41) is 4.14. The van der Waals surface area contributed by atoms with Crippen molar-refractivity contribution in [1.82, 2.24) is 10.1 Å². The predicted molar refractivity (Wildman–Crippen MR) is 79.6 cm³/mol. The Morgan fingerprint density at radius 1 is 1.33 bits per heavy atom. The minimum absolute atomic E-state index is 0.444. The molecule has 1 aliphatic rings. The van der Waals surface area contributed by atoms with Crippen LogP contribution >= 0.6 is 0 Å². The van der Waals surface area contributed by atoms with Crippen molar-refractivity contribution in [2.75, 3.05) is 0 Å². The second kappa shape index (κ2) is 5.30. The molecular formula is C16H23N3O2. The van der Waals surface area contributed by atoms with Gasteiger partial charge in [-0.25, -0.2) is 0 Å². The quantitative estimate of drug-likeness (QED) is 0.932. The lowest BCUT2D eigenvalue weighted by Gasteiger charge is -2.34. The summed E-state index contributed by atoms with van der Waals surface area (Å²) in [6.07, 6.45) is 5.35. The number of hydrogen-bond acceptors (Lipinski definition) is 5. The molecule has 1 saturated carbocycles. The highest BCUT2D eigenvalue weighted by Crippen LogP contribution is 2.38. The number of nitrogens with zero attached hydrogens (tertiary/aromatic N) is 2. The van der Waals surface area contributed by atoms with E-state index in [1.807, 2.05) is 19.9 Å². The maximum absolute atomic E-state index is 6.52. The SMILES string of the molecule is CCC1CCC(N)(c2noc(-c3cc(C)oc3C)n2)CC1. The van der Waals surface area contributed by atoms with E-state index in [2.05, 4.69) is 17.1 Å². The third kappa shape index (κ3) is 2.62. The molecule has 2 N–H and O–H groups in total. The van der Waals surface area contributed by atoms with Crippen molar-refractivity contribution in [2.45, 2.75) is 58.4 Å². The summed E-state index contributed by atoms with van der Waals surface area (Å²) in [5.41, 5.74) is 6.94. The van der Waals surface area contributed by atoms with Crippen LogP contribution in [0.5, 0.6) is 0 Å². The van der Waals surface area contributed by atoms with Crippen LogP contribution in [0.4, 0.5) is 0 Å². The molecule has 0 saturated heterocycles. The summed E-state index contributed by atoms with van der Waals surface area (Å²) in [5.74, 6) is 3.55. The van der Waals surface area contributed by atoms with Gasteiger partial charge in [-0.2, -0.15) is 4.98 Å². The van der Waals surface area contributed by atoms with E-state index < -0.39 is 5.54 Å². The molecule has 2 heterocycles. The monoisotopic (exact) mass is 289 g/mol. The van der Waals surface area contributed by atoms with Crippen LogP contribution in [-0.4, -0.2) is 10.1 Å². The van der Waals surface area contributed by atoms with Crippen molar-refractivity contribution in [3.05, 3.63) is 23.4 Å². The molecule has 3 rings (SSSR count). The first-order valence-electron chi connectivity index (χ1n) is 7.72. The summed E-state index contributed by atoms with van der Waals surface area (Å²) in [6, 6.07) is 1.92. The third-order valence-corrected chi connectivity index (χ3v) is 4.72. The smallest absolute Gasteiger partial charge is 0.261 e. The van der Waals surface area contributed by atoms with Gasteiger partial charge in [0.1, 0.15) is 11.5 Å². The van der Waals surface area contributed by atoms with Crippen LogP contribution in [0, 0.1) is 19.8 Å². The Morgan fingerprint density at radius 2 is 2.05 bits per heavy atom. The molecule has 2 aromatic heterocycles. The predicted octanol–water partition coefficient (Wildman–Crippen LogP) is 3.70. The topological polar surface area (TPSA) is 78.1 Å². The van der Waals surface area contributed by atoms with Gasteiger partial charge in [-0.15, -0.1) is 0 Å². The lowest BCUT2D eigenvalue weighted by Crippen LogP contribution is -2.41. The molecule has 0 aliphatic heterocycles. The van der Waals surface area contributed by atoms with Gasteiger partial charge in [0.05, 0.1) is 11.1 Å². The number of rotatable bonds is 3. The Morgan fingerprint density at radius 3 is 2.62 bits per heavy atom. The van der Waals surface area contributed by atoms with Crippen LogP contribution in [0.1, 0.15) is 56.4 Å². The zero-order valence-electron chi connectivity index (χ0n) is 13.0. The zero-order chi connectivity index (χ0) is 15.0. The number of aromatic nitrogens is 2. The van der Waals surface area contributed by atoms with Crippen LogP contribution < -0.4 is 5.73 Å². The lowest BCUT2D eigenvalue weighted by molar-refractivity contribution is 0.216. The van der Waals surface area contributed by atoms with Gasteiger partial charge >= 0.3 is 0 Å². The van der Waals surface area contributed by atoms with Crippen molar-refractivity contribution in [1.29, 1.82) is 0 Å². The molecular weight excluding hydrogens is 266 g/mol. The van der Waals surface area contributed by atoms with Gasteiger partial charge in [-0.1, -0.05) is 18.5 Å². The van der Waals surface area contributed by atoms with E-state index in [9.17, 15) is 0 Å². The molecule has 0 unspecified atom stereocenters. The Hall–Kier alpha value is -1.62. The molecule has 5 nitrogen and oxygen atoms in total. The number of hydrogen-bond donors (Lipinski definition) is 1. The molecule has 21 heavy (non-hydrogen) atoms. The maximum Gasteiger partial charge on any atom is 0.261 e. The summed E-state index contributed by atoms with van der Waals surface area (Å²) >= 11 is 0. The molecule has 0 atom stereocenters. The van der Waals surface area contributed by atoms with E-state index in [0.717, 1.165) is 48.7 Å². The highest BCUT2D eigenvalue weighted by molar-refractivity contribution is 5.56. The van der Waals surface area contributed by atoms with Crippen LogP contribution in [-0.2, 0) is 5.54 Å². The van der Waals surface area contributed by atoms with Crippen molar-refractivity contribution in [2.24, 2.45) is 11.7 Å². The average molecular weight is 289 g/mol. The van der Waals surface area contributed by atoms with Gasteiger partial charge in [-0.05, 0) is 51.5 Å². The summed E-state index contributed by atoms with van der Waals surface area (Å²) in [7, 11) is 0. The van der Waals surface area contributed by atoms with Gasteiger partial charge in [0.2, 0.25) is 0 Å². The molecule has 1 fully saturated rings. The van der Waals surface area contributed by atoms with E-state index in [4.69, 9.17) is 14.7 Å². The van der Waals surface area contributed by atoms with Crippen LogP contribution in [0.2, 0.25) is 0 Å². The fraction of sp³-hybridized carbons (Fsp3) is 0.625. The molecule has 0 radical (unpaired) electrons. The number of aryl methyl sites for hydroxylation is 2. The fourth-order valence-corrected chi connectivity index (χ4v) is 3.20. The van der Waals surface area contributed by atoms with Gasteiger partial charge < -0.3 is 14.7 Å². The van der Waals surface area contributed by atoms with Crippen molar-refractivity contribution < 1.29 is 8.94 Å². The summed E-state index contributed by atoms with van der Waals surface area (Å²) < 4.78 is 10.9. The molecule has 0 bridgehead atoms. The Labute approximate surface area is 124 Å². The molecule has 0 spiro atoms. The molecule has 0 amide bonds. The van der Waals surface area contributed by atoms with E-state index in [1.54, 1.807) is 0 Å². The number of nitrogens with two attached hydrogens (primary N) is 1. The summed E-state index contributed by atoms with van der Waals surface area (Å²) in [6.45, 7) is 6.05. The second-order valence-electron chi connectivity index (χ2n) is 6.26. The number of furan rings is 1. The molecule has 5 heteroatoms.